The van der Waals surface area contributed by atoms with Crippen LogP contribution in [0.15, 0.2) is 58.1 Å². The third kappa shape index (κ3) is 3.20. The summed E-state index contributed by atoms with van der Waals surface area (Å²) < 4.78 is 11.5. The highest BCUT2D eigenvalue weighted by molar-refractivity contribution is 7.98. The minimum absolute atomic E-state index is 0.440. The monoisotopic (exact) mass is 315 g/mol. The van der Waals surface area contributed by atoms with E-state index in [9.17, 15) is 5.21 Å². The Bertz CT molecular complexity index is 759. The van der Waals surface area contributed by atoms with Gasteiger partial charge in [0.05, 0.1) is 12.9 Å². The first kappa shape index (κ1) is 14.4. The second-order valence-corrected chi connectivity index (χ2v) is 5.38. The average Bonchev–Trinajstić information content (AvgIpc) is 3.03. The average molecular weight is 315 g/mol. The number of methoxy groups -OCH3 is 1. The largest absolute Gasteiger partial charge is 0.618 e. The Labute approximate surface area is 131 Å². The minimum atomic E-state index is 0.440. The molecule has 0 saturated heterocycles. The Balaban J connectivity index is 1.69. The molecule has 3 aromatic rings. The standard InChI is InChI=1S/C15H13N3O3S/c1-20-12-7-5-11(6-8-12)15-17-16-13(21-15)10-22-14-4-2-3-9-18(14)19/h2-9H,10H2,1H3. The predicted octanol–water partition coefficient (Wildman–Crippen LogP) is 2.67. The normalized spacial score (nSPS) is 10.6. The van der Waals surface area contributed by atoms with E-state index in [1.807, 2.05) is 30.3 Å². The van der Waals surface area contributed by atoms with Crippen LogP contribution in [0.5, 0.6) is 5.75 Å². The van der Waals surface area contributed by atoms with E-state index >= 15 is 0 Å². The third-order valence-electron chi connectivity index (χ3n) is 2.94. The van der Waals surface area contributed by atoms with Crippen LogP contribution in [-0.2, 0) is 5.75 Å². The molecule has 0 fully saturated rings. The molecule has 0 radical (unpaired) electrons. The summed E-state index contributed by atoms with van der Waals surface area (Å²) in [5.41, 5.74) is 0.822. The molecule has 0 aliphatic carbocycles. The Morgan fingerprint density at radius 3 is 2.73 bits per heavy atom. The number of thioether (sulfide) groups is 1. The van der Waals surface area contributed by atoms with Crippen LogP contribution < -0.4 is 9.47 Å². The van der Waals surface area contributed by atoms with Crippen LogP contribution in [0, 0.1) is 5.21 Å². The third-order valence-corrected chi connectivity index (χ3v) is 3.94. The topological polar surface area (TPSA) is 75.1 Å². The number of benzene rings is 1. The summed E-state index contributed by atoms with van der Waals surface area (Å²) in [6.07, 6.45) is 1.46. The van der Waals surface area contributed by atoms with E-state index in [1.54, 1.807) is 19.2 Å². The smallest absolute Gasteiger partial charge is 0.251 e. The van der Waals surface area contributed by atoms with Crippen LogP contribution >= 0.6 is 11.8 Å². The van der Waals surface area contributed by atoms with Crippen LogP contribution in [0.25, 0.3) is 11.5 Å². The highest BCUT2D eigenvalue weighted by Crippen LogP contribution is 2.24. The van der Waals surface area contributed by atoms with Gasteiger partial charge in [0, 0.05) is 17.7 Å². The van der Waals surface area contributed by atoms with Gasteiger partial charge in [-0.3, -0.25) is 0 Å². The molecule has 0 saturated carbocycles. The van der Waals surface area contributed by atoms with Crippen molar-refractivity contribution in [3.8, 4) is 17.2 Å². The van der Waals surface area contributed by atoms with Gasteiger partial charge < -0.3 is 14.4 Å². The summed E-state index contributed by atoms with van der Waals surface area (Å²) >= 11 is 1.35. The maximum Gasteiger partial charge on any atom is 0.251 e. The number of aromatic nitrogens is 3. The molecular weight excluding hydrogens is 302 g/mol. The zero-order valence-electron chi connectivity index (χ0n) is 11.8. The quantitative estimate of drug-likeness (QED) is 0.409. The fourth-order valence-corrected chi connectivity index (χ4v) is 2.57. The Morgan fingerprint density at radius 2 is 2.00 bits per heavy atom. The molecule has 2 aromatic heterocycles. The summed E-state index contributed by atoms with van der Waals surface area (Å²) in [7, 11) is 1.61. The fourth-order valence-electron chi connectivity index (χ4n) is 1.82. The highest BCUT2D eigenvalue weighted by Gasteiger charge is 2.11. The van der Waals surface area contributed by atoms with Gasteiger partial charge in [-0.15, -0.1) is 10.2 Å². The van der Waals surface area contributed by atoms with Crippen LogP contribution in [0.2, 0.25) is 0 Å². The molecule has 0 N–H and O–H groups in total. The second-order valence-electron chi connectivity index (χ2n) is 4.38. The molecule has 1 aromatic carbocycles. The van der Waals surface area contributed by atoms with Crippen molar-refractivity contribution in [3.05, 3.63) is 59.8 Å². The highest BCUT2D eigenvalue weighted by atomic mass is 32.2. The van der Waals surface area contributed by atoms with Gasteiger partial charge in [0.1, 0.15) is 5.75 Å². The molecule has 112 valence electrons. The first-order valence-corrected chi connectivity index (χ1v) is 7.52. The van der Waals surface area contributed by atoms with E-state index < -0.39 is 0 Å². The van der Waals surface area contributed by atoms with Gasteiger partial charge in [-0.05, 0) is 42.1 Å². The van der Waals surface area contributed by atoms with Crippen molar-refractivity contribution in [2.75, 3.05) is 7.11 Å². The number of ether oxygens (including phenoxy) is 1. The zero-order chi connectivity index (χ0) is 15.4. The van der Waals surface area contributed by atoms with Gasteiger partial charge in [-0.1, -0.05) is 0 Å². The molecule has 0 spiro atoms. The van der Waals surface area contributed by atoms with Crippen molar-refractivity contribution in [2.45, 2.75) is 10.8 Å². The van der Waals surface area contributed by atoms with Gasteiger partial charge >= 0.3 is 0 Å². The molecular formula is C15H13N3O3S. The molecule has 0 bridgehead atoms. The van der Waals surface area contributed by atoms with Crippen molar-refractivity contribution >= 4 is 11.8 Å². The van der Waals surface area contributed by atoms with Gasteiger partial charge in [-0.2, -0.15) is 4.73 Å². The van der Waals surface area contributed by atoms with Crippen molar-refractivity contribution in [1.82, 2.24) is 10.2 Å². The van der Waals surface area contributed by atoms with Crippen molar-refractivity contribution in [2.24, 2.45) is 0 Å². The molecule has 3 rings (SSSR count). The summed E-state index contributed by atoms with van der Waals surface area (Å²) in [6, 6.07) is 12.6. The second kappa shape index (κ2) is 6.48. The van der Waals surface area contributed by atoms with Gasteiger partial charge in [0.2, 0.25) is 11.8 Å². The molecule has 2 heterocycles. The van der Waals surface area contributed by atoms with E-state index in [-0.39, 0.29) is 0 Å². The van der Waals surface area contributed by atoms with E-state index in [0.29, 0.717) is 22.6 Å². The molecule has 0 atom stereocenters. The lowest BCUT2D eigenvalue weighted by Gasteiger charge is -2.01. The van der Waals surface area contributed by atoms with Crippen LogP contribution in [0.3, 0.4) is 0 Å². The molecule has 7 heteroatoms. The number of pyridine rings is 1. The summed E-state index contributed by atoms with van der Waals surface area (Å²) in [5.74, 6) is 2.12. The minimum Gasteiger partial charge on any atom is -0.618 e. The van der Waals surface area contributed by atoms with Gasteiger partial charge in [0.25, 0.3) is 5.03 Å². The Kier molecular flexibility index (Phi) is 4.24. The number of nitrogens with zero attached hydrogens (tertiary/aromatic N) is 3. The molecule has 0 amide bonds. The van der Waals surface area contributed by atoms with Gasteiger partial charge in [-0.25, -0.2) is 0 Å². The first-order valence-electron chi connectivity index (χ1n) is 6.54. The zero-order valence-corrected chi connectivity index (χ0v) is 12.6. The fraction of sp³-hybridized carbons (Fsp3) is 0.133. The lowest BCUT2D eigenvalue weighted by Crippen LogP contribution is -2.27. The number of hydrogen-bond donors (Lipinski definition) is 0. The lowest BCUT2D eigenvalue weighted by atomic mass is 10.2. The van der Waals surface area contributed by atoms with Crippen molar-refractivity contribution < 1.29 is 13.9 Å². The lowest BCUT2D eigenvalue weighted by molar-refractivity contribution is -0.645. The van der Waals surface area contributed by atoms with Crippen molar-refractivity contribution in [1.29, 1.82) is 0 Å². The van der Waals surface area contributed by atoms with Gasteiger partial charge in [0.15, 0.2) is 6.20 Å². The van der Waals surface area contributed by atoms with E-state index in [0.717, 1.165) is 16.0 Å². The summed E-state index contributed by atoms with van der Waals surface area (Å²) in [6.45, 7) is 0. The maximum atomic E-state index is 11.5. The van der Waals surface area contributed by atoms with E-state index in [4.69, 9.17) is 9.15 Å². The SMILES string of the molecule is COc1ccc(-c2nnc(CSc3cccc[n+]3[O-])o2)cc1. The maximum absolute atomic E-state index is 11.5. The predicted molar refractivity (Wildman–Crippen MR) is 81.2 cm³/mol. The number of rotatable bonds is 5. The first-order chi connectivity index (χ1) is 10.8. The summed E-state index contributed by atoms with van der Waals surface area (Å²) in [5, 5.41) is 20.2. The van der Waals surface area contributed by atoms with Crippen molar-refractivity contribution in [3.63, 3.8) is 0 Å². The molecule has 0 aliphatic heterocycles. The number of hydrogen-bond acceptors (Lipinski definition) is 6. The molecule has 22 heavy (non-hydrogen) atoms. The molecule has 0 unspecified atom stereocenters. The van der Waals surface area contributed by atoms with Crippen LogP contribution in [0.1, 0.15) is 5.89 Å². The van der Waals surface area contributed by atoms with E-state index in [1.165, 1.54) is 18.0 Å². The van der Waals surface area contributed by atoms with Crippen LogP contribution in [-0.4, -0.2) is 17.3 Å². The Hall–Kier alpha value is -2.54. The molecule has 6 nitrogen and oxygen atoms in total. The Morgan fingerprint density at radius 1 is 1.18 bits per heavy atom. The van der Waals surface area contributed by atoms with E-state index in [2.05, 4.69) is 10.2 Å². The summed E-state index contributed by atoms with van der Waals surface area (Å²) in [4.78, 5) is 0. The molecule has 0 aliphatic rings. The van der Waals surface area contributed by atoms with Crippen LogP contribution in [0.4, 0.5) is 0 Å².